The van der Waals surface area contributed by atoms with E-state index in [-0.39, 0.29) is 11.8 Å². The molecule has 0 aromatic carbocycles. The molecule has 2 aromatic heterocycles. The first-order valence-corrected chi connectivity index (χ1v) is 9.56. The second-order valence-corrected chi connectivity index (χ2v) is 7.40. The first-order chi connectivity index (χ1) is 11.6. The second kappa shape index (κ2) is 9.39. The van der Waals surface area contributed by atoms with Crippen molar-refractivity contribution in [1.82, 2.24) is 15.6 Å². The van der Waals surface area contributed by atoms with E-state index >= 15 is 0 Å². The Labute approximate surface area is 149 Å². The molecule has 0 bridgehead atoms. The number of nitrogens with one attached hydrogen (secondary N) is 2. The Bertz CT molecular complexity index is 668. The van der Waals surface area contributed by atoms with Crippen LogP contribution in [0.2, 0.25) is 0 Å². The summed E-state index contributed by atoms with van der Waals surface area (Å²) in [7, 11) is 0. The molecule has 0 saturated heterocycles. The first kappa shape index (κ1) is 18.4. The molecule has 0 aliphatic carbocycles. The summed E-state index contributed by atoms with van der Waals surface area (Å²) in [6.07, 6.45) is 2.76. The van der Waals surface area contributed by atoms with Crippen molar-refractivity contribution in [3.63, 3.8) is 0 Å². The minimum atomic E-state index is -0.0237. The number of hydrogen-bond acceptors (Lipinski definition) is 6. The zero-order chi connectivity index (χ0) is 17.4. The van der Waals surface area contributed by atoms with Crippen LogP contribution < -0.4 is 16.4 Å². The highest BCUT2D eigenvalue weighted by molar-refractivity contribution is 7.17. The fourth-order valence-corrected chi connectivity index (χ4v) is 3.85. The van der Waals surface area contributed by atoms with Gasteiger partial charge in [-0.15, -0.1) is 22.7 Å². The third kappa shape index (κ3) is 5.93. The van der Waals surface area contributed by atoms with Crippen molar-refractivity contribution in [3.05, 3.63) is 22.4 Å². The SMILES string of the molecule is CC(=O)NCCCCNC(=O)CCc1sc(N)nc1-c1cccs1. The first-order valence-electron chi connectivity index (χ1n) is 7.86. The fraction of sp³-hybridized carbons (Fsp3) is 0.438. The molecule has 2 heterocycles. The number of nitrogens with zero attached hydrogens (tertiary/aromatic N) is 1. The summed E-state index contributed by atoms with van der Waals surface area (Å²) in [4.78, 5) is 29.2. The summed E-state index contributed by atoms with van der Waals surface area (Å²) in [5.74, 6) is 0.00281. The van der Waals surface area contributed by atoms with Gasteiger partial charge in [0.1, 0.15) is 0 Å². The minimum Gasteiger partial charge on any atom is -0.375 e. The number of thiophene rings is 1. The highest BCUT2D eigenvalue weighted by Crippen LogP contribution is 2.33. The van der Waals surface area contributed by atoms with E-state index in [0.29, 0.717) is 31.1 Å². The van der Waals surface area contributed by atoms with Crippen LogP contribution in [0.3, 0.4) is 0 Å². The lowest BCUT2D eigenvalue weighted by molar-refractivity contribution is -0.121. The van der Waals surface area contributed by atoms with Crippen LogP contribution in [-0.2, 0) is 16.0 Å². The molecule has 0 atom stereocenters. The molecule has 0 unspecified atom stereocenters. The van der Waals surface area contributed by atoms with E-state index in [1.807, 2.05) is 17.5 Å². The summed E-state index contributed by atoms with van der Waals surface area (Å²) in [6, 6.07) is 3.99. The van der Waals surface area contributed by atoms with Crippen molar-refractivity contribution in [2.45, 2.75) is 32.6 Å². The monoisotopic (exact) mass is 366 g/mol. The van der Waals surface area contributed by atoms with Gasteiger partial charge >= 0.3 is 0 Å². The zero-order valence-corrected chi connectivity index (χ0v) is 15.3. The Kier molecular flexibility index (Phi) is 7.20. The molecule has 0 saturated carbocycles. The van der Waals surface area contributed by atoms with Gasteiger partial charge in [-0.1, -0.05) is 6.07 Å². The maximum atomic E-state index is 11.9. The van der Waals surface area contributed by atoms with Crippen molar-refractivity contribution in [2.24, 2.45) is 0 Å². The lowest BCUT2D eigenvalue weighted by atomic mass is 10.2. The van der Waals surface area contributed by atoms with Crippen molar-refractivity contribution >= 4 is 39.6 Å². The van der Waals surface area contributed by atoms with E-state index in [2.05, 4.69) is 15.6 Å². The van der Waals surface area contributed by atoms with Crippen molar-refractivity contribution in [3.8, 4) is 10.6 Å². The Morgan fingerprint density at radius 3 is 2.67 bits per heavy atom. The van der Waals surface area contributed by atoms with Crippen LogP contribution in [0, 0.1) is 0 Å². The molecule has 2 aromatic rings. The predicted molar refractivity (Wildman–Crippen MR) is 99.1 cm³/mol. The van der Waals surface area contributed by atoms with E-state index in [1.54, 1.807) is 11.3 Å². The van der Waals surface area contributed by atoms with E-state index in [1.165, 1.54) is 18.3 Å². The number of aryl methyl sites for hydroxylation is 1. The maximum Gasteiger partial charge on any atom is 0.220 e. The van der Waals surface area contributed by atoms with Gasteiger partial charge in [-0.2, -0.15) is 0 Å². The number of hydrogen-bond donors (Lipinski definition) is 3. The number of thiazole rings is 1. The third-order valence-corrected chi connectivity index (χ3v) is 5.17. The number of amides is 2. The smallest absolute Gasteiger partial charge is 0.220 e. The normalized spacial score (nSPS) is 10.5. The van der Waals surface area contributed by atoms with Gasteiger partial charge in [0.25, 0.3) is 0 Å². The molecule has 0 spiro atoms. The van der Waals surface area contributed by atoms with Crippen LogP contribution in [0.15, 0.2) is 17.5 Å². The van der Waals surface area contributed by atoms with Crippen LogP contribution in [0.25, 0.3) is 10.6 Å². The minimum absolute atomic E-state index is 0.0237. The molecular weight excluding hydrogens is 344 g/mol. The van der Waals surface area contributed by atoms with Gasteiger partial charge in [0, 0.05) is 31.3 Å². The lowest BCUT2D eigenvalue weighted by Crippen LogP contribution is -2.26. The van der Waals surface area contributed by atoms with Crippen molar-refractivity contribution in [1.29, 1.82) is 0 Å². The lowest BCUT2D eigenvalue weighted by Gasteiger charge is -2.05. The highest BCUT2D eigenvalue weighted by Gasteiger charge is 2.14. The van der Waals surface area contributed by atoms with Gasteiger partial charge in [-0.05, 0) is 30.7 Å². The number of aromatic nitrogens is 1. The molecule has 6 nitrogen and oxygen atoms in total. The fourth-order valence-electron chi connectivity index (χ4n) is 2.20. The molecule has 0 radical (unpaired) electrons. The van der Waals surface area contributed by atoms with Crippen LogP contribution in [0.5, 0.6) is 0 Å². The second-order valence-electron chi connectivity index (χ2n) is 5.34. The number of carbonyl (C=O) groups excluding carboxylic acids is 2. The molecular formula is C16H22N4O2S2. The average Bonchev–Trinajstić information content (AvgIpc) is 3.17. The van der Waals surface area contributed by atoms with Gasteiger partial charge in [-0.25, -0.2) is 4.98 Å². The summed E-state index contributed by atoms with van der Waals surface area (Å²) in [6.45, 7) is 2.77. The van der Waals surface area contributed by atoms with Crippen LogP contribution in [-0.4, -0.2) is 29.9 Å². The Morgan fingerprint density at radius 1 is 1.25 bits per heavy atom. The highest BCUT2D eigenvalue weighted by atomic mass is 32.1. The molecule has 8 heteroatoms. The molecule has 0 aliphatic rings. The number of nitrogen functional groups attached to an aromatic ring is 1. The topological polar surface area (TPSA) is 97.1 Å². The van der Waals surface area contributed by atoms with Gasteiger partial charge < -0.3 is 16.4 Å². The van der Waals surface area contributed by atoms with E-state index < -0.39 is 0 Å². The standard InChI is InChI=1S/C16H22N4O2S2/c1-11(21)18-8-2-3-9-19-14(22)7-6-13-15(20-16(17)24-13)12-5-4-10-23-12/h4-5,10H,2-3,6-9H2,1H3,(H2,17,20)(H,18,21)(H,19,22). The quantitative estimate of drug-likeness (QED) is 0.594. The van der Waals surface area contributed by atoms with Crippen LogP contribution in [0.1, 0.15) is 31.1 Å². The number of rotatable bonds is 9. The van der Waals surface area contributed by atoms with Gasteiger partial charge in [0.2, 0.25) is 11.8 Å². The van der Waals surface area contributed by atoms with E-state index in [9.17, 15) is 9.59 Å². The predicted octanol–water partition coefficient (Wildman–Crippen LogP) is 2.42. The summed E-state index contributed by atoms with van der Waals surface area (Å²) in [5.41, 5.74) is 6.72. The van der Waals surface area contributed by atoms with E-state index in [4.69, 9.17) is 5.73 Å². The van der Waals surface area contributed by atoms with Crippen molar-refractivity contribution in [2.75, 3.05) is 18.8 Å². The number of unbranched alkanes of at least 4 members (excludes halogenated alkanes) is 1. The number of anilines is 1. The maximum absolute atomic E-state index is 11.9. The average molecular weight is 367 g/mol. The van der Waals surface area contributed by atoms with Gasteiger partial charge in [0.05, 0.1) is 10.6 Å². The molecule has 2 rings (SSSR count). The van der Waals surface area contributed by atoms with Crippen molar-refractivity contribution < 1.29 is 9.59 Å². The van der Waals surface area contributed by atoms with Crippen LogP contribution in [0.4, 0.5) is 5.13 Å². The van der Waals surface area contributed by atoms with Gasteiger partial charge in [-0.3, -0.25) is 9.59 Å². The summed E-state index contributed by atoms with van der Waals surface area (Å²) >= 11 is 3.06. The number of nitrogens with two attached hydrogens (primary N) is 1. The summed E-state index contributed by atoms with van der Waals surface area (Å²) in [5, 5.41) is 8.18. The molecule has 4 N–H and O–H groups in total. The molecule has 0 aliphatic heterocycles. The summed E-state index contributed by atoms with van der Waals surface area (Å²) < 4.78 is 0. The zero-order valence-electron chi connectivity index (χ0n) is 13.6. The molecule has 2 amide bonds. The van der Waals surface area contributed by atoms with Crippen LogP contribution >= 0.6 is 22.7 Å². The molecule has 130 valence electrons. The third-order valence-electron chi connectivity index (χ3n) is 3.35. The Hall–Kier alpha value is -1.93. The van der Waals surface area contributed by atoms with Gasteiger partial charge in [0.15, 0.2) is 5.13 Å². The van der Waals surface area contributed by atoms with E-state index in [0.717, 1.165) is 28.3 Å². The number of carbonyl (C=O) groups is 2. The largest absolute Gasteiger partial charge is 0.375 e. The molecule has 24 heavy (non-hydrogen) atoms. The Balaban J connectivity index is 1.72. The Morgan fingerprint density at radius 2 is 2.00 bits per heavy atom. The molecule has 0 fully saturated rings.